The van der Waals surface area contributed by atoms with Crippen LogP contribution in [0.15, 0.2) is 55.1 Å². The molecule has 0 aromatic carbocycles. The van der Waals surface area contributed by atoms with Crippen LogP contribution in [0.1, 0.15) is 24.5 Å². The quantitative estimate of drug-likeness (QED) is 0.786. The minimum Gasteiger partial charge on any atom is -0.340 e. The third-order valence-electron chi connectivity index (χ3n) is 4.25. The molecule has 1 N–H and O–H groups in total. The molecule has 0 amide bonds. The van der Waals surface area contributed by atoms with Gasteiger partial charge in [0.15, 0.2) is 0 Å². The number of aromatic nitrogens is 5. The van der Waals surface area contributed by atoms with Crippen LogP contribution in [0.5, 0.6) is 0 Å². The molecule has 7 heteroatoms. The zero-order chi connectivity index (χ0) is 16.9. The molecule has 1 fully saturated rings. The van der Waals surface area contributed by atoms with Crippen molar-refractivity contribution in [2.24, 2.45) is 0 Å². The molecule has 1 saturated heterocycles. The van der Waals surface area contributed by atoms with Crippen LogP contribution in [-0.4, -0.2) is 38.0 Å². The van der Waals surface area contributed by atoms with Gasteiger partial charge in [-0.25, -0.2) is 24.9 Å². The fourth-order valence-corrected chi connectivity index (χ4v) is 3.08. The Balaban J connectivity index is 1.50. The largest absolute Gasteiger partial charge is 0.340 e. The summed E-state index contributed by atoms with van der Waals surface area (Å²) >= 11 is 0. The fourth-order valence-electron chi connectivity index (χ4n) is 3.08. The monoisotopic (exact) mass is 333 g/mol. The number of nitrogens with zero attached hydrogens (tertiary/aromatic N) is 6. The van der Waals surface area contributed by atoms with Gasteiger partial charge in [0.25, 0.3) is 0 Å². The summed E-state index contributed by atoms with van der Waals surface area (Å²) in [7, 11) is 0. The number of pyridine rings is 1. The van der Waals surface area contributed by atoms with Crippen molar-refractivity contribution in [3.05, 3.63) is 60.8 Å². The van der Waals surface area contributed by atoms with Crippen LogP contribution in [0.4, 0.5) is 17.7 Å². The lowest BCUT2D eigenvalue weighted by molar-refractivity contribution is 0.495. The lowest BCUT2D eigenvalue weighted by atomic mass is 9.94. The van der Waals surface area contributed by atoms with Crippen LogP contribution in [0.25, 0.3) is 0 Å². The Morgan fingerprint density at radius 3 is 2.48 bits per heavy atom. The molecule has 4 rings (SSSR count). The lowest BCUT2D eigenvalue weighted by Gasteiger charge is -2.32. The zero-order valence-corrected chi connectivity index (χ0v) is 13.8. The van der Waals surface area contributed by atoms with E-state index >= 15 is 0 Å². The van der Waals surface area contributed by atoms with E-state index in [4.69, 9.17) is 4.98 Å². The predicted octanol–water partition coefficient (Wildman–Crippen LogP) is 2.79. The average Bonchev–Trinajstić information content (AvgIpc) is 2.70. The molecule has 126 valence electrons. The summed E-state index contributed by atoms with van der Waals surface area (Å²) in [6, 6.07) is 9.66. The molecule has 3 aromatic heterocycles. The summed E-state index contributed by atoms with van der Waals surface area (Å²) in [6.45, 7) is 1.86. The van der Waals surface area contributed by atoms with Gasteiger partial charge in [-0.05, 0) is 37.1 Å². The summed E-state index contributed by atoms with van der Waals surface area (Å²) in [5.41, 5.74) is 1.07. The van der Waals surface area contributed by atoms with E-state index < -0.39 is 0 Å². The number of anilines is 3. The molecule has 7 nitrogen and oxygen atoms in total. The highest BCUT2D eigenvalue weighted by Gasteiger charge is 2.24. The van der Waals surface area contributed by atoms with Crippen molar-refractivity contribution in [2.75, 3.05) is 23.3 Å². The average molecular weight is 333 g/mol. The van der Waals surface area contributed by atoms with Crippen LogP contribution in [-0.2, 0) is 0 Å². The van der Waals surface area contributed by atoms with Crippen LogP contribution in [0.2, 0.25) is 0 Å². The molecule has 0 unspecified atom stereocenters. The first-order valence-electron chi connectivity index (χ1n) is 8.41. The van der Waals surface area contributed by atoms with Crippen molar-refractivity contribution in [1.82, 2.24) is 24.9 Å². The van der Waals surface area contributed by atoms with E-state index in [1.54, 1.807) is 30.9 Å². The van der Waals surface area contributed by atoms with Crippen LogP contribution < -0.4 is 10.2 Å². The van der Waals surface area contributed by atoms with E-state index in [2.05, 4.69) is 36.2 Å². The van der Waals surface area contributed by atoms with Gasteiger partial charge in [0.2, 0.25) is 11.9 Å². The maximum atomic E-state index is 4.76. The van der Waals surface area contributed by atoms with E-state index in [0.29, 0.717) is 11.9 Å². The molecule has 0 bridgehead atoms. The number of hydrogen-bond acceptors (Lipinski definition) is 7. The summed E-state index contributed by atoms with van der Waals surface area (Å²) in [5, 5.41) is 3.15. The highest BCUT2D eigenvalue weighted by Crippen LogP contribution is 2.28. The van der Waals surface area contributed by atoms with E-state index in [1.165, 1.54) is 0 Å². The first-order valence-corrected chi connectivity index (χ1v) is 8.41. The number of piperidine rings is 1. The minimum atomic E-state index is 0.357. The molecule has 0 spiro atoms. The second kappa shape index (κ2) is 7.21. The van der Waals surface area contributed by atoms with Crippen molar-refractivity contribution in [3.63, 3.8) is 0 Å². The van der Waals surface area contributed by atoms with Gasteiger partial charge in [0.05, 0.1) is 0 Å². The topological polar surface area (TPSA) is 79.7 Å². The summed E-state index contributed by atoms with van der Waals surface area (Å²) in [5.74, 6) is 2.46. The highest BCUT2D eigenvalue weighted by atomic mass is 15.3. The van der Waals surface area contributed by atoms with Crippen molar-refractivity contribution in [2.45, 2.75) is 18.8 Å². The normalized spacial score (nSPS) is 17.3. The van der Waals surface area contributed by atoms with Gasteiger partial charge < -0.3 is 10.2 Å². The van der Waals surface area contributed by atoms with Crippen molar-refractivity contribution in [1.29, 1.82) is 0 Å². The van der Waals surface area contributed by atoms with Gasteiger partial charge in [0.1, 0.15) is 5.82 Å². The van der Waals surface area contributed by atoms with E-state index in [0.717, 1.165) is 43.4 Å². The van der Waals surface area contributed by atoms with E-state index in [-0.39, 0.29) is 0 Å². The maximum absolute atomic E-state index is 4.76. The Bertz CT molecular complexity index is 810. The summed E-state index contributed by atoms with van der Waals surface area (Å²) in [6.07, 6.45) is 9.20. The highest BCUT2D eigenvalue weighted by molar-refractivity contribution is 5.47. The Hall–Kier alpha value is -3.09. The van der Waals surface area contributed by atoms with Crippen molar-refractivity contribution in [3.8, 4) is 0 Å². The van der Waals surface area contributed by atoms with Crippen LogP contribution in [0, 0.1) is 0 Å². The number of nitrogens with one attached hydrogen (secondary N) is 1. The first kappa shape index (κ1) is 15.4. The maximum Gasteiger partial charge on any atom is 0.228 e. The molecule has 1 atom stereocenters. The molecule has 0 saturated carbocycles. The van der Waals surface area contributed by atoms with Gasteiger partial charge in [0, 0.05) is 49.5 Å². The van der Waals surface area contributed by atoms with Gasteiger partial charge in [-0.15, -0.1) is 0 Å². The third-order valence-corrected chi connectivity index (χ3v) is 4.25. The van der Waals surface area contributed by atoms with Crippen LogP contribution >= 0.6 is 0 Å². The Kier molecular flexibility index (Phi) is 4.45. The Labute approximate surface area is 146 Å². The molecule has 25 heavy (non-hydrogen) atoms. The summed E-state index contributed by atoms with van der Waals surface area (Å²) in [4.78, 5) is 24.1. The van der Waals surface area contributed by atoms with Crippen molar-refractivity contribution < 1.29 is 0 Å². The van der Waals surface area contributed by atoms with Gasteiger partial charge in [-0.1, -0.05) is 6.07 Å². The molecular weight excluding hydrogens is 314 g/mol. The molecule has 0 radical (unpaired) electrons. The SMILES string of the molecule is c1cnc(Nc2cccc([C@H]3CCCN(c4ncccn4)C3)n2)nc1. The van der Waals surface area contributed by atoms with Gasteiger partial charge in [-0.3, -0.25) is 0 Å². The molecule has 1 aliphatic rings. The molecule has 3 aromatic rings. The standard InChI is InChI=1S/C18H19N7/c1-6-15(23-16(7-1)24-17-19-8-3-9-20-17)14-5-2-12-25(13-14)18-21-10-4-11-22-18/h1,3-4,6-11,14H,2,5,12-13H2,(H,19,20,23,24)/t14-/m0/s1. The van der Waals surface area contributed by atoms with Gasteiger partial charge >= 0.3 is 0 Å². The second-order valence-corrected chi connectivity index (χ2v) is 5.98. The second-order valence-electron chi connectivity index (χ2n) is 5.98. The Morgan fingerprint density at radius 1 is 0.920 bits per heavy atom. The first-order chi connectivity index (χ1) is 12.4. The van der Waals surface area contributed by atoms with Crippen LogP contribution in [0.3, 0.4) is 0 Å². The molecule has 1 aliphatic heterocycles. The fraction of sp³-hybridized carbons (Fsp3) is 0.278. The minimum absolute atomic E-state index is 0.357. The third kappa shape index (κ3) is 3.71. The van der Waals surface area contributed by atoms with E-state index in [1.807, 2.05) is 18.2 Å². The van der Waals surface area contributed by atoms with Crippen molar-refractivity contribution >= 4 is 17.7 Å². The smallest absolute Gasteiger partial charge is 0.228 e. The molecule has 0 aliphatic carbocycles. The predicted molar refractivity (Wildman–Crippen MR) is 95.8 cm³/mol. The van der Waals surface area contributed by atoms with Gasteiger partial charge in [-0.2, -0.15) is 0 Å². The summed E-state index contributed by atoms with van der Waals surface area (Å²) < 4.78 is 0. The molecule has 4 heterocycles. The Morgan fingerprint density at radius 2 is 1.68 bits per heavy atom. The molecular formula is C18H19N7. The zero-order valence-electron chi connectivity index (χ0n) is 13.8. The number of rotatable bonds is 4. The van der Waals surface area contributed by atoms with E-state index in [9.17, 15) is 0 Å². The number of hydrogen-bond donors (Lipinski definition) is 1. The lowest BCUT2D eigenvalue weighted by Crippen LogP contribution is -2.35.